The molecule has 0 radical (unpaired) electrons. The maximum absolute atomic E-state index is 4.99. The molecule has 0 aliphatic carbocycles. The average molecular weight is 119 g/mol. The van der Waals surface area contributed by atoms with E-state index >= 15 is 0 Å². The molecule has 0 fully saturated rings. The van der Waals surface area contributed by atoms with E-state index in [2.05, 4.69) is 31.4 Å². The zero-order valence-electron chi connectivity index (χ0n) is 3.14. The molecular weight excluding hydrogens is 114 g/mol. The van der Waals surface area contributed by atoms with Crippen molar-refractivity contribution in [3.05, 3.63) is 11.5 Å². The lowest BCUT2D eigenvalue weighted by Crippen LogP contribution is -2.05. The van der Waals surface area contributed by atoms with Gasteiger partial charge in [0, 0.05) is 4.91 Å². The first-order valence-corrected chi connectivity index (χ1v) is 2.18. The summed E-state index contributed by atoms with van der Waals surface area (Å²) < 4.78 is 0. The molecule has 0 spiro atoms. The lowest BCUT2D eigenvalue weighted by atomic mass is 10.6. The molecule has 0 atom stereocenters. The van der Waals surface area contributed by atoms with Gasteiger partial charge in [-0.2, -0.15) is 0 Å². The van der Waals surface area contributed by atoms with E-state index in [1.54, 1.807) is 0 Å². The Labute approximate surface area is 47.6 Å². The van der Waals surface area contributed by atoms with Gasteiger partial charge in [0.2, 0.25) is 0 Å². The highest BCUT2D eigenvalue weighted by Gasteiger charge is 1.82. The minimum atomic E-state index is 0.262. The van der Waals surface area contributed by atoms with Crippen molar-refractivity contribution in [2.24, 2.45) is 5.73 Å². The Morgan fingerprint density at radius 2 is 2.00 bits per heavy atom. The Balaban J connectivity index is 3.57. The van der Waals surface area contributed by atoms with Crippen LogP contribution in [0.3, 0.4) is 0 Å². The van der Waals surface area contributed by atoms with Crippen LogP contribution in [0.15, 0.2) is 11.5 Å². The van der Waals surface area contributed by atoms with Gasteiger partial charge in [-0.1, -0.05) is 18.8 Å². The molecule has 34 valence electrons. The summed E-state index contributed by atoms with van der Waals surface area (Å²) in [7, 11) is 0. The third-order valence-electron chi connectivity index (χ3n) is 0.284. The minimum Gasteiger partial charge on any atom is -0.389 e. The first kappa shape index (κ1) is 5.98. The number of thiocarbonyl (C=S) groups is 1. The van der Waals surface area contributed by atoms with Gasteiger partial charge < -0.3 is 5.73 Å². The smallest absolute Gasteiger partial charge is 0.109 e. The van der Waals surface area contributed by atoms with Gasteiger partial charge >= 0.3 is 0 Å². The molecule has 0 heterocycles. The Morgan fingerprint density at radius 1 is 1.83 bits per heavy atom. The molecule has 2 N–H and O–H groups in total. The van der Waals surface area contributed by atoms with Gasteiger partial charge in [0.05, 0.1) is 0 Å². The average Bonchev–Trinajstić information content (AvgIpc) is 1.36. The van der Waals surface area contributed by atoms with E-state index in [1.807, 2.05) is 0 Å². The van der Waals surface area contributed by atoms with Crippen LogP contribution in [0.25, 0.3) is 0 Å². The second-order valence-electron chi connectivity index (χ2n) is 0.811. The van der Waals surface area contributed by atoms with Crippen molar-refractivity contribution in [2.45, 2.75) is 0 Å². The highest BCUT2D eigenvalue weighted by atomic mass is 32.1. The van der Waals surface area contributed by atoms with Crippen molar-refractivity contribution in [1.82, 2.24) is 0 Å². The van der Waals surface area contributed by atoms with Gasteiger partial charge in [-0.15, -0.1) is 12.6 Å². The number of thiol groups is 1. The summed E-state index contributed by atoms with van der Waals surface area (Å²) in [4.78, 5) is 0.725. The van der Waals surface area contributed by atoms with E-state index in [-0.39, 0.29) is 4.99 Å². The molecule has 0 aromatic heterocycles. The topological polar surface area (TPSA) is 26.0 Å². The van der Waals surface area contributed by atoms with E-state index < -0.39 is 0 Å². The maximum atomic E-state index is 4.99. The summed E-state index contributed by atoms with van der Waals surface area (Å²) in [6, 6.07) is 0. The molecular formula is C3H5NS2. The summed E-state index contributed by atoms with van der Waals surface area (Å²) in [5.41, 5.74) is 4.99. The lowest BCUT2D eigenvalue weighted by Gasteiger charge is -1.85. The maximum Gasteiger partial charge on any atom is 0.109 e. The van der Waals surface area contributed by atoms with Crippen molar-refractivity contribution in [1.29, 1.82) is 0 Å². The Morgan fingerprint density at radius 3 is 2.00 bits per heavy atom. The highest BCUT2D eigenvalue weighted by molar-refractivity contribution is 7.89. The second kappa shape index (κ2) is 2.21. The number of hydrogen-bond donors (Lipinski definition) is 2. The molecule has 1 nitrogen and oxygen atoms in total. The molecule has 0 unspecified atom stereocenters. The Hall–Kier alpha value is -0.0200. The fraction of sp³-hybridized carbons (Fsp3) is 0. The van der Waals surface area contributed by atoms with Crippen LogP contribution in [-0.4, -0.2) is 4.99 Å². The normalized spacial score (nSPS) is 7.50. The first-order valence-electron chi connectivity index (χ1n) is 1.32. The van der Waals surface area contributed by atoms with Crippen LogP contribution in [0.4, 0.5) is 0 Å². The van der Waals surface area contributed by atoms with Gasteiger partial charge in [-0.05, 0) is 0 Å². The Bertz CT molecular complexity index is 74.8. The van der Waals surface area contributed by atoms with Crippen LogP contribution in [0.2, 0.25) is 0 Å². The molecule has 0 saturated heterocycles. The van der Waals surface area contributed by atoms with Crippen molar-refractivity contribution in [3.63, 3.8) is 0 Å². The third kappa shape index (κ3) is 2.23. The van der Waals surface area contributed by atoms with E-state index in [1.165, 1.54) is 0 Å². The molecule has 3 heteroatoms. The summed E-state index contributed by atoms with van der Waals surface area (Å²) in [6.45, 7) is 3.35. The SMILES string of the molecule is C=C(S)C(N)=S. The molecule has 0 bridgehead atoms. The second-order valence-corrected chi connectivity index (χ2v) is 1.79. The van der Waals surface area contributed by atoms with Gasteiger partial charge in [0.15, 0.2) is 0 Å². The van der Waals surface area contributed by atoms with E-state index in [4.69, 9.17) is 5.73 Å². The predicted octanol–water partition coefficient (Wildman–Crippen LogP) is 0.716. The molecule has 6 heavy (non-hydrogen) atoms. The predicted molar refractivity (Wildman–Crippen MR) is 34.9 cm³/mol. The van der Waals surface area contributed by atoms with E-state index in [0.29, 0.717) is 4.91 Å². The molecule has 0 saturated carbocycles. The Kier molecular flexibility index (Phi) is 2.20. The van der Waals surface area contributed by atoms with Crippen molar-refractivity contribution < 1.29 is 0 Å². The van der Waals surface area contributed by atoms with Crippen molar-refractivity contribution in [2.75, 3.05) is 0 Å². The number of nitrogens with two attached hydrogens (primary N) is 1. The highest BCUT2D eigenvalue weighted by Crippen LogP contribution is 1.92. The van der Waals surface area contributed by atoms with E-state index in [0.717, 1.165) is 0 Å². The van der Waals surface area contributed by atoms with Crippen LogP contribution in [0.1, 0.15) is 0 Å². The monoisotopic (exact) mass is 119 g/mol. The van der Waals surface area contributed by atoms with Gasteiger partial charge in [0.1, 0.15) is 4.99 Å². The third-order valence-corrected chi connectivity index (χ3v) is 0.923. The zero-order valence-corrected chi connectivity index (χ0v) is 4.85. The molecule has 0 amide bonds. The van der Waals surface area contributed by atoms with Crippen LogP contribution in [0.5, 0.6) is 0 Å². The number of rotatable bonds is 1. The van der Waals surface area contributed by atoms with Crippen molar-refractivity contribution >= 4 is 29.8 Å². The summed E-state index contributed by atoms with van der Waals surface area (Å²) in [5.74, 6) is 0. The van der Waals surface area contributed by atoms with Crippen molar-refractivity contribution in [3.8, 4) is 0 Å². The standard InChI is InChI=1S/C3H5NS2/c1-2(5)3(4)6/h5H,1H2,(H2,4,6). The largest absolute Gasteiger partial charge is 0.389 e. The van der Waals surface area contributed by atoms with E-state index in [9.17, 15) is 0 Å². The first-order chi connectivity index (χ1) is 2.64. The van der Waals surface area contributed by atoms with Crippen LogP contribution < -0.4 is 5.73 Å². The molecule has 0 aromatic rings. The number of hydrogen-bond acceptors (Lipinski definition) is 2. The van der Waals surface area contributed by atoms with Crippen LogP contribution in [0, 0.1) is 0 Å². The van der Waals surface area contributed by atoms with Gasteiger partial charge in [-0.3, -0.25) is 0 Å². The summed E-state index contributed by atoms with van der Waals surface area (Å²) in [5, 5.41) is 0. The molecule has 0 aliphatic heterocycles. The minimum absolute atomic E-state index is 0.262. The van der Waals surface area contributed by atoms with Gasteiger partial charge in [0.25, 0.3) is 0 Å². The van der Waals surface area contributed by atoms with Crippen LogP contribution >= 0.6 is 24.8 Å². The van der Waals surface area contributed by atoms with Crippen LogP contribution in [-0.2, 0) is 0 Å². The fourth-order valence-electron chi connectivity index (χ4n) is 0. The zero-order chi connectivity index (χ0) is 5.15. The van der Waals surface area contributed by atoms with Gasteiger partial charge in [-0.25, -0.2) is 0 Å². The molecule has 0 aromatic carbocycles. The summed E-state index contributed by atoms with van der Waals surface area (Å²) in [6.07, 6.45) is 0. The quantitative estimate of drug-likeness (QED) is 0.302. The summed E-state index contributed by atoms with van der Waals surface area (Å²) >= 11 is 8.15. The fourth-order valence-corrected chi connectivity index (χ4v) is 0. The molecule has 0 rings (SSSR count). The molecule has 0 aliphatic rings. The lowest BCUT2D eigenvalue weighted by molar-refractivity contribution is 1.82.